The summed E-state index contributed by atoms with van der Waals surface area (Å²) in [4.78, 5) is 36.9. The molecule has 49 heavy (non-hydrogen) atoms. The van der Waals surface area contributed by atoms with Crippen LogP contribution >= 0.6 is 8.60 Å². The van der Waals surface area contributed by atoms with Crippen molar-refractivity contribution in [3.8, 4) is 5.75 Å². The third kappa shape index (κ3) is 15.1. The number of esters is 2. The number of rotatable bonds is 15. The molecule has 17 heteroatoms. The predicted octanol–water partition coefficient (Wildman–Crippen LogP) is 4.92. The van der Waals surface area contributed by atoms with Gasteiger partial charge in [0.05, 0.1) is 29.3 Å². The molecule has 5 atom stereocenters. The molecule has 1 aliphatic rings. The molecule has 0 aliphatic carbocycles. The van der Waals surface area contributed by atoms with Crippen LogP contribution in [0.5, 0.6) is 5.75 Å². The molecule has 0 spiro atoms. The number of hydrogen-bond donors (Lipinski definition) is 1. The first-order valence-corrected chi connectivity index (χ1v) is 17.9. The van der Waals surface area contributed by atoms with Crippen molar-refractivity contribution in [1.82, 2.24) is 5.32 Å². The van der Waals surface area contributed by atoms with E-state index in [0.29, 0.717) is 5.75 Å². The fraction of sp³-hybridized carbons (Fsp3) is 0.500. The number of hydrogen-bond acceptors (Lipinski definition) is 12. The van der Waals surface area contributed by atoms with E-state index in [9.17, 15) is 22.8 Å². The quantitative estimate of drug-likeness (QED) is 0.111. The maximum atomic E-state index is 12.9. The Balaban J connectivity index is 0.00000600. The molecule has 3 unspecified atom stereocenters. The monoisotopic (exact) mass is 1170 g/mol. The molecule has 1 amide bonds. The van der Waals surface area contributed by atoms with Gasteiger partial charge >= 0.3 is 26.6 Å². The Morgan fingerprint density at radius 3 is 2.22 bits per heavy atom. The number of aryl methyl sites for hydroxylation is 1. The van der Waals surface area contributed by atoms with Crippen molar-refractivity contribution >= 4 is 36.5 Å². The molecule has 3 rings (SSSR count). The van der Waals surface area contributed by atoms with Crippen LogP contribution in [0.4, 0.5) is 4.79 Å². The molecule has 2 aromatic rings. The third-order valence-corrected chi connectivity index (χ3v) is 9.85. The summed E-state index contributed by atoms with van der Waals surface area (Å²) in [5, 5.41) is 2.63. The molecular weight excluding hydrogens is 1130 g/mol. The molecular formula is C32H44NO12PSU2. The molecule has 0 aromatic heterocycles. The molecule has 1 heterocycles. The van der Waals surface area contributed by atoms with Crippen LogP contribution in [0.1, 0.15) is 52.2 Å². The van der Waals surface area contributed by atoms with E-state index in [1.54, 1.807) is 64.1 Å². The number of amides is 1. The molecule has 0 radical (unpaired) electrons. The SMILES string of the molecule is CCC(=O)OCc1ccc(O[PH+](OC)O[C@@H]2C(NC(=O)OC(C)CS(=O)(=O)c3ccc(C)cc3)[CH-]O[C@@H]2COC(=O)C(C)(C)C)cc1.[U].[U]. The summed E-state index contributed by atoms with van der Waals surface area (Å²) >= 11 is 0. The smallest absolute Gasteiger partial charge is 0.444 e. The average Bonchev–Trinajstić information content (AvgIpc) is 3.38. The van der Waals surface area contributed by atoms with Crippen molar-refractivity contribution < 1.29 is 118 Å². The normalized spacial score (nSPS) is 18.6. The summed E-state index contributed by atoms with van der Waals surface area (Å²) in [6.45, 7) is 11.4. The molecule has 2 aromatic carbocycles. The number of ether oxygens (including phenoxy) is 4. The zero-order valence-electron chi connectivity index (χ0n) is 28.6. The Bertz CT molecular complexity index is 1460. The van der Waals surface area contributed by atoms with Crippen LogP contribution in [0.2, 0.25) is 0 Å². The van der Waals surface area contributed by atoms with Crippen LogP contribution in [-0.2, 0) is 54.0 Å². The van der Waals surface area contributed by atoms with E-state index in [4.69, 9.17) is 32.5 Å². The van der Waals surface area contributed by atoms with Gasteiger partial charge in [-0.15, -0.1) is 0 Å². The van der Waals surface area contributed by atoms with Gasteiger partial charge in [0.1, 0.15) is 25.4 Å². The number of benzene rings is 2. The first kappa shape index (κ1) is 45.8. The van der Waals surface area contributed by atoms with Gasteiger partial charge in [-0.25, -0.2) is 13.2 Å². The first-order chi connectivity index (χ1) is 22.1. The molecule has 13 nitrogen and oxygen atoms in total. The second-order valence-corrected chi connectivity index (χ2v) is 15.3. The number of carbonyl (C=O) groups excluding carboxylic acids is 3. The van der Waals surface area contributed by atoms with E-state index in [0.717, 1.165) is 11.1 Å². The Hall–Kier alpha value is -1.19. The van der Waals surface area contributed by atoms with E-state index < -0.39 is 66.0 Å². The molecule has 0 bridgehead atoms. The molecule has 0 saturated carbocycles. The third-order valence-electron chi connectivity index (χ3n) is 6.75. The minimum atomic E-state index is -3.72. The Kier molecular flexibility index (Phi) is 20.0. The fourth-order valence-electron chi connectivity index (χ4n) is 4.12. The van der Waals surface area contributed by atoms with E-state index in [2.05, 4.69) is 5.32 Å². The summed E-state index contributed by atoms with van der Waals surface area (Å²) < 4.78 is 64.9. The van der Waals surface area contributed by atoms with Crippen molar-refractivity contribution in [1.29, 1.82) is 0 Å². The Labute approximate surface area is 337 Å². The second kappa shape index (κ2) is 21.4. The maximum Gasteiger partial charge on any atom is 0.444 e. The molecule has 1 fully saturated rings. The summed E-state index contributed by atoms with van der Waals surface area (Å²) in [7, 11) is -4.83. The molecule has 1 aliphatic heterocycles. The predicted molar refractivity (Wildman–Crippen MR) is 173 cm³/mol. The van der Waals surface area contributed by atoms with Gasteiger partial charge in [0.2, 0.25) is 0 Å². The largest absolute Gasteiger partial charge is 0.543 e. The molecule has 1 saturated heterocycles. The van der Waals surface area contributed by atoms with Gasteiger partial charge in [0.15, 0.2) is 15.6 Å². The van der Waals surface area contributed by atoms with Gasteiger partial charge in [-0.3, -0.25) is 14.1 Å². The standard InChI is InChI=1S/C32H44NO12PS.2U/c1-8-28(34)41-17-23-11-13-24(14-12-23)44-46(39-7)45-29-26(18-40-27(29)19-42-30(35)32(4,5)6)33-31(36)43-22(3)20-47(37,38)25-15-9-21(2)10-16-25;;/h9-16,18,22,26-27,29,46H,8,17,19-20H2,1-7H3,(H,33,36);;/t22?,26?,27-,29-;;/m1../s1. The van der Waals surface area contributed by atoms with Crippen molar-refractivity contribution in [3.05, 3.63) is 66.3 Å². The average molecular weight is 1170 g/mol. The van der Waals surface area contributed by atoms with Gasteiger partial charge in [-0.05, 0) is 70.5 Å². The topological polar surface area (TPSA) is 162 Å². The van der Waals surface area contributed by atoms with Crippen LogP contribution in [0.25, 0.3) is 0 Å². The zero-order chi connectivity index (χ0) is 34.8. The summed E-state index contributed by atoms with van der Waals surface area (Å²) in [5.74, 6) is -0.782. The van der Waals surface area contributed by atoms with Crippen LogP contribution < -0.4 is 9.84 Å². The number of alkyl carbamates (subject to hydrolysis) is 1. The van der Waals surface area contributed by atoms with Crippen molar-refractivity contribution in [2.24, 2.45) is 5.41 Å². The minimum absolute atomic E-state index is 0. The van der Waals surface area contributed by atoms with E-state index >= 15 is 0 Å². The Morgan fingerprint density at radius 2 is 1.65 bits per heavy atom. The van der Waals surface area contributed by atoms with Crippen LogP contribution in [0, 0.1) is 81.2 Å². The van der Waals surface area contributed by atoms with Crippen LogP contribution in [0.15, 0.2) is 53.4 Å². The van der Waals surface area contributed by atoms with Gasteiger partial charge < -0.3 is 24.3 Å². The van der Waals surface area contributed by atoms with E-state index in [-0.39, 0.29) is 92.7 Å². The van der Waals surface area contributed by atoms with E-state index in [1.807, 2.05) is 6.92 Å². The summed E-state index contributed by atoms with van der Waals surface area (Å²) in [6.07, 6.45) is -3.40. The van der Waals surface area contributed by atoms with Crippen molar-refractivity contribution in [3.63, 3.8) is 0 Å². The molecule has 268 valence electrons. The summed E-state index contributed by atoms with van der Waals surface area (Å²) in [5.41, 5.74) is 0.911. The van der Waals surface area contributed by atoms with Gasteiger partial charge in [-0.1, -0.05) is 36.8 Å². The van der Waals surface area contributed by atoms with Gasteiger partial charge in [-0.2, -0.15) is 15.7 Å². The van der Waals surface area contributed by atoms with Crippen molar-refractivity contribution in [2.75, 3.05) is 19.5 Å². The number of nitrogens with one attached hydrogen (secondary N) is 1. The van der Waals surface area contributed by atoms with E-state index in [1.165, 1.54) is 32.8 Å². The minimum Gasteiger partial charge on any atom is -0.543 e. The number of carbonyl (C=O) groups is 3. The van der Waals surface area contributed by atoms with Gasteiger partial charge in [0.25, 0.3) is 0 Å². The van der Waals surface area contributed by atoms with Crippen molar-refractivity contribution in [2.45, 2.75) is 83.8 Å². The van der Waals surface area contributed by atoms with Gasteiger partial charge in [0, 0.05) is 68.6 Å². The fourth-order valence-corrected chi connectivity index (χ4v) is 6.63. The summed E-state index contributed by atoms with van der Waals surface area (Å²) in [6, 6.07) is 12.3. The maximum absolute atomic E-state index is 12.9. The molecule has 1 N–H and O–H groups in total. The number of sulfone groups is 1. The second-order valence-electron chi connectivity index (χ2n) is 11.9. The first-order valence-electron chi connectivity index (χ1n) is 15.0. The van der Waals surface area contributed by atoms with Crippen LogP contribution in [0.3, 0.4) is 0 Å². The van der Waals surface area contributed by atoms with Crippen LogP contribution in [-0.4, -0.2) is 70.3 Å². The Morgan fingerprint density at radius 1 is 1.02 bits per heavy atom. The zero-order valence-corrected chi connectivity index (χ0v) is 38.8.